The zero-order chi connectivity index (χ0) is 24.9. The smallest absolute Gasteiger partial charge is 0.456 e. The Kier molecular flexibility index (Phi) is 8.36. The van der Waals surface area contributed by atoms with Crippen LogP contribution in [0, 0.1) is 19.8 Å². The van der Waals surface area contributed by atoms with Crippen molar-refractivity contribution >= 4 is 28.9 Å². The Hall–Kier alpha value is -3.22. The van der Waals surface area contributed by atoms with Crippen LogP contribution in [0.1, 0.15) is 52.2 Å². The second kappa shape index (κ2) is 10.6. The van der Waals surface area contributed by atoms with Crippen LogP contribution in [-0.2, 0) is 32.3 Å². The zero-order valence-electron chi connectivity index (χ0n) is 19.0. The van der Waals surface area contributed by atoms with Gasteiger partial charge >= 0.3 is 22.9 Å². The highest BCUT2D eigenvalue weighted by atomic mass is 32.2. The molecule has 0 radical (unpaired) electrons. The van der Waals surface area contributed by atoms with Crippen LogP contribution in [0.5, 0.6) is 0 Å². The average molecular weight is 489 g/mol. The molecule has 0 saturated carbocycles. The molecule has 2 aromatic rings. The summed E-state index contributed by atoms with van der Waals surface area (Å²) in [7, 11) is 0. The van der Waals surface area contributed by atoms with Crippen molar-refractivity contribution in [3.8, 4) is 0 Å². The minimum atomic E-state index is -1.27. The molecule has 0 bridgehead atoms. The highest BCUT2D eigenvalue weighted by Crippen LogP contribution is 2.31. The lowest BCUT2D eigenvalue weighted by Gasteiger charge is -2.31. The molecule has 12 nitrogen and oxygen atoms in total. The van der Waals surface area contributed by atoms with Crippen molar-refractivity contribution in [3.05, 3.63) is 44.3 Å². The summed E-state index contributed by atoms with van der Waals surface area (Å²) >= 11 is 0.634. The quantitative estimate of drug-likeness (QED) is 0.512. The first-order chi connectivity index (χ1) is 15.3. The highest BCUT2D eigenvalue weighted by Gasteiger charge is 2.41. The Morgan fingerprint density at radius 3 is 1.85 bits per heavy atom. The van der Waals surface area contributed by atoms with Crippen LogP contribution in [0.3, 0.4) is 0 Å². The third-order valence-electron chi connectivity index (χ3n) is 4.43. The van der Waals surface area contributed by atoms with Crippen LogP contribution in [0.2, 0.25) is 0 Å². The van der Waals surface area contributed by atoms with Crippen molar-refractivity contribution in [3.63, 3.8) is 0 Å². The molecule has 0 aliphatic carbocycles. The summed E-state index contributed by atoms with van der Waals surface area (Å²) in [5, 5.41) is 1.78. The third-order valence-corrected chi connectivity index (χ3v) is 5.47. The van der Waals surface area contributed by atoms with Gasteiger partial charge in [0.2, 0.25) is 5.91 Å². The number of esters is 1. The standard InChI is InChI=1S/C20H25NO11S.H2/c1-9(2)15(22)21-14(16(23)27-7-12-10(3)29-17(24)31-12)20(5,6)33-19(26)28-8-13-11(4)30-18(25)32-13;/h9,14H,7-8H2,1-6H3,(H,21,22);1H/t14-;/m0./s1. The van der Waals surface area contributed by atoms with E-state index < -0.39 is 52.1 Å². The minimum Gasteiger partial charge on any atom is -0.456 e. The second-order valence-electron chi connectivity index (χ2n) is 7.82. The monoisotopic (exact) mass is 489 g/mol. The summed E-state index contributed by atoms with van der Waals surface area (Å²) in [6, 6.07) is -1.27. The number of ether oxygens (including phenoxy) is 2. The van der Waals surface area contributed by atoms with Gasteiger partial charge < -0.3 is 32.5 Å². The van der Waals surface area contributed by atoms with Crippen molar-refractivity contribution in [2.45, 2.75) is 65.5 Å². The predicted molar refractivity (Wildman–Crippen MR) is 114 cm³/mol. The first-order valence-corrected chi connectivity index (χ1v) is 10.6. The van der Waals surface area contributed by atoms with Gasteiger partial charge in [-0.15, -0.1) is 0 Å². The molecule has 2 aromatic heterocycles. The molecule has 184 valence electrons. The van der Waals surface area contributed by atoms with E-state index in [4.69, 9.17) is 27.1 Å². The van der Waals surface area contributed by atoms with Crippen LogP contribution in [0.15, 0.2) is 27.3 Å². The molecule has 0 aromatic carbocycles. The Balaban J connectivity index is 0.00000578. The number of aryl methyl sites for hydroxylation is 2. The van der Waals surface area contributed by atoms with Gasteiger partial charge in [-0.2, -0.15) is 0 Å². The molecule has 33 heavy (non-hydrogen) atoms. The number of nitrogens with one attached hydrogen (secondary N) is 1. The molecule has 1 atom stereocenters. The van der Waals surface area contributed by atoms with E-state index in [2.05, 4.69) is 5.32 Å². The average Bonchev–Trinajstić information content (AvgIpc) is 3.20. The summed E-state index contributed by atoms with van der Waals surface area (Å²) in [6.45, 7) is 8.53. The van der Waals surface area contributed by atoms with E-state index in [0.717, 1.165) is 0 Å². The van der Waals surface area contributed by atoms with Crippen LogP contribution in [0.25, 0.3) is 0 Å². The lowest BCUT2D eigenvalue weighted by Crippen LogP contribution is -2.54. The molecule has 1 N–H and O–H groups in total. The predicted octanol–water partition coefficient (Wildman–Crippen LogP) is 2.67. The highest BCUT2D eigenvalue weighted by molar-refractivity contribution is 8.14. The van der Waals surface area contributed by atoms with Gasteiger partial charge in [0.15, 0.2) is 36.3 Å². The molecular weight excluding hydrogens is 462 g/mol. The summed E-state index contributed by atoms with van der Waals surface area (Å²) in [5.74, 6) is -3.24. The summed E-state index contributed by atoms with van der Waals surface area (Å²) in [4.78, 5) is 59.8. The number of rotatable bonds is 9. The Morgan fingerprint density at radius 2 is 1.42 bits per heavy atom. The largest absolute Gasteiger partial charge is 0.519 e. The van der Waals surface area contributed by atoms with Crippen LogP contribution in [-0.4, -0.2) is 28.0 Å². The zero-order valence-corrected chi connectivity index (χ0v) is 19.8. The van der Waals surface area contributed by atoms with Crippen molar-refractivity contribution in [2.75, 3.05) is 0 Å². The van der Waals surface area contributed by atoms with Gasteiger partial charge in [0.05, 0.1) is 4.75 Å². The first kappa shape index (κ1) is 26.0. The fourth-order valence-corrected chi connectivity index (χ4v) is 3.31. The lowest BCUT2D eigenvalue weighted by atomic mass is 10.0. The van der Waals surface area contributed by atoms with Crippen LogP contribution >= 0.6 is 11.8 Å². The number of amides is 1. The molecule has 0 aliphatic heterocycles. The molecule has 0 aliphatic rings. The van der Waals surface area contributed by atoms with E-state index in [1.165, 1.54) is 27.7 Å². The minimum absolute atomic E-state index is 0. The van der Waals surface area contributed by atoms with Gasteiger partial charge in [-0.3, -0.25) is 4.79 Å². The normalized spacial score (nSPS) is 12.5. The molecule has 0 unspecified atom stereocenters. The summed E-state index contributed by atoms with van der Waals surface area (Å²) < 4.78 is 28.0. The molecule has 2 rings (SSSR count). The molecule has 2 heterocycles. The molecule has 0 saturated heterocycles. The van der Waals surface area contributed by atoms with E-state index in [1.807, 2.05) is 0 Å². The number of hydrogen-bond acceptors (Lipinski definition) is 12. The fraction of sp³-hybridized carbons (Fsp3) is 0.550. The van der Waals surface area contributed by atoms with Crippen molar-refractivity contribution in [1.82, 2.24) is 5.32 Å². The van der Waals surface area contributed by atoms with Crippen molar-refractivity contribution < 1.29 is 43.0 Å². The SMILES string of the molecule is Cc1oc(=O)oc1COC(=O)SC(C)(C)[C@@H](NC(=O)C(C)C)C(=O)OCc1oc(=O)oc1C.[HH]. The molecule has 1 amide bonds. The van der Waals surface area contributed by atoms with Gasteiger partial charge in [-0.25, -0.2) is 19.2 Å². The van der Waals surface area contributed by atoms with Gasteiger partial charge in [0, 0.05) is 7.34 Å². The topological polar surface area (TPSA) is 168 Å². The summed E-state index contributed by atoms with van der Waals surface area (Å²) in [6.07, 6.45) is 0. The van der Waals surface area contributed by atoms with Crippen molar-refractivity contribution in [1.29, 1.82) is 0 Å². The number of carbonyl (C=O) groups excluding carboxylic acids is 3. The van der Waals surface area contributed by atoms with Crippen molar-refractivity contribution in [2.24, 2.45) is 5.92 Å². The maximum Gasteiger partial charge on any atom is 0.519 e. The Morgan fingerprint density at radius 1 is 0.939 bits per heavy atom. The lowest BCUT2D eigenvalue weighted by molar-refractivity contribution is -0.150. The number of hydrogen-bond donors (Lipinski definition) is 1. The molecule has 0 fully saturated rings. The molecular formula is C20H27NO11S. The maximum absolute atomic E-state index is 12.8. The van der Waals surface area contributed by atoms with Gasteiger partial charge in [-0.1, -0.05) is 13.8 Å². The van der Waals surface area contributed by atoms with E-state index >= 15 is 0 Å². The summed E-state index contributed by atoms with van der Waals surface area (Å²) in [5.41, 5.74) is 0. The van der Waals surface area contributed by atoms with Crippen LogP contribution in [0.4, 0.5) is 4.79 Å². The first-order valence-electron chi connectivity index (χ1n) is 9.81. The van der Waals surface area contributed by atoms with Gasteiger partial charge in [0.1, 0.15) is 6.04 Å². The number of thioether (sulfide) groups is 1. The van der Waals surface area contributed by atoms with Gasteiger partial charge in [-0.05, 0) is 39.5 Å². The molecule has 0 spiro atoms. The second-order valence-corrected chi connectivity index (χ2v) is 9.40. The van der Waals surface area contributed by atoms with Gasteiger partial charge in [0.25, 0.3) is 0 Å². The Labute approximate surface area is 193 Å². The third kappa shape index (κ3) is 7.14. The van der Waals surface area contributed by atoms with Crippen LogP contribution < -0.4 is 17.0 Å². The van der Waals surface area contributed by atoms with E-state index in [9.17, 15) is 24.0 Å². The van der Waals surface area contributed by atoms with E-state index in [1.54, 1.807) is 13.8 Å². The number of carbonyl (C=O) groups is 3. The molecule has 13 heteroatoms. The fourth-order valence-electron chi connectivity index (χ4n) is 2.49. The van der Waals surface area contributed by atoms with E-state index in [0.29, 0.717) is 11.8 Å². The maximum atomic E-state index is 12.8. The van der Waals surface area contributed by atoms with E-state index in [-0.39, 0.29) is 31.1 Å². The Bertz CT molecular complexity index is 1120.